The molecule has 1 aromatic rings. The lowest BCUT2D eigenvalue weighted by Gasteiger charge is -2.22. The second-order valence-corrected chi connectivity index (χ2v) is 6.27. The Morgan fingerprint density at radius 3 is 2.60 bits per heavy atom. The molecule has 1 aliphatic rings. The number of benzene rings is 1. The molecule has 0 heterocycles. The molecule has 2 amide bonds. The lowest BCUT2D eigenvalue weighted by molar-refractivity contribution is -0.120. The zero-order valence-electron chi connectivity index (χ0n) is 14.1. The van der Waals surface area contributed by atoms with Crippen molar-refractivity contribution in [2.24, 2.45) is 5.92 Å². The van der Waals surface area contributed by atoms with E-state index in [4.69, 9.17) is 5.11 Å². The van der Waals surface area contributed by atoms with E-state index in [1.165, 1.54) is 12.1 Å². The quantitative estimate of drug-likeness (QED) is 0.791. The van der Waals surface area contributed by atoms with Crippen LogP contribution in [0.1, 0.15) is 42.5 Å². The molecule has 0 aromatic heterocycles. The van der Waals surface area contributed by atoms with Gasteiger partial charge >= 0.3 is 0 Å². The van der Waals surface area contributed by atoms with E-state index in [1.54, 1.807) is 12.1 Å². The number of nitrogens with zero attached hydrogens (tertiary/aromatic N) is 1. The second-order valence-electron chi connectivity index (χ2n) is 6.27. The number of aliphatic hydroxyl groups excluding tert-OH is 1. The third-order valence-electron chi connectivity index (χ3n) is 4.37. The topological polar surface area (TPSA) is 69.6 Å². The number of aliphatic hydroxyl groups is 1. The maximum atomic E-state index is 12.6. The van der Waals surface area contributed by atoms with E-state index in [0.29, 0.717) is 5.69 Å². The molecule has 1 fully saturated rings. The first-order valence-electron chi connectivity index (χ1n) is 8.60. The number of carbonyl (C=O) groups is 2. The van der Waals surface area contributed by atoms with Crippen LogP contribution >= 0.6 is 0 Å². The number of hydrogen-bond donors (Lipinski definition) is 2. The summed E-state index contributed by atoms with van der Waals surface area (Å²) in [7, 11) is 0. The number of nitrogens with one attached hydrogen (secondary N) is 1. The van der Waals surface area contributed by atoms with Crippen LogP contribution in [-0.2, 0) is 4.79 Å². The average molecular weight is 354 g/mol. The summed E-state index contributed by atoms with van der Waals surface area (Å²) in [4.78, 5) is 25.6. The largest absolute Gasteiger partial charge is 0.395 e. The van der Waals surface area contributed by atoms with Crippen molar-refractivity contribution in [3.05, 3.63) is 29.8 Å². The normalized spacial score (nSPS) is 15.2. The van der Waals surface area contributed by atoms with Crippen LogP contribution in [0.5, 0.6) is 0 Å². The smallest absolute Gasteiger partial charge is 0.255 e. The number of amides is 2. The van der Waals surface area contributed by atoms with Gasteiger partial charge in [0.2, 0.25) is 5.91 Å². The first kappa shape index (κ1) is 19.3. The summed E-state index contributed by atoms with van der Waals surface area (Å²) in [6.45, 7) is -1.30. The van der Waals surface area contributed by atoms with Gasteiger partial charge in [0.15, 0.2) is 0 Å². The van der Waals surface area contributed by atoms with Crippen molar-refractivity contribution >= 4 is 17.5 Å². The molecular formula is C18H24F2N2O3. The van der Waals surface area contributed by atoms with Gasteiger partial charge in [0.25, 0.3) is 12.3 Å². The maximum Gasteiger partial charge on any atom is 0.255 e. The van der Waals surface area contributed by atoms with Crippen LogP contribution in [0.15, 0.2) is 24.3 Å². The Kier molecular flexibility index (Phi) is 7.31. The van der Waals surface area contributed by atoms with Crippen molar-refractivity contribution in [3.8, 4) is 0 Å². The number of carbonyl (C=O) groups excluding carboxylic acids is 2. The van der Waals surface area contributed by atoms with Crippen LogP contribution in [-0.4, -0.2) is 47.9 Å². The highest BCUT2D eigenvalue weighted by Crippen LogP contribution is 2.25. The molecule has 2 rings (SSSR count). The third-order valence-corrected chi connectivity index (χ3v) is 4.37. The first-order valence-corrected chi connectivity index (χ1v) is 8.60. The highest BCUT2D eigenvalue weighted by molar-refractivity contribution is 5.97. The van der Waals surface area contributed by atoms with E-state index < -0.39 is 25.5 Å². The molecule has 0 aliphatic heterocycles. The number of alkyl halides is 2. The van der Waals surface area contributed by atoms with Crippen LogP contribution in [0.4, 0.5) is 14.5 Å². The summed E-state index contributed by atoms with van der Waals surface area (Å²) in [5.41, 5.74) is 0.679. The van der Waals surface area contributed by atoms with E-state index in [1.807, 2.05) is 0 Å². The fourth-order valence-electron chi connectivity index (χ4n) is 3.08. The van der Waals surface area contributed by atoms with E-state index in [2.05, 4.69) is 5.32 Å². The molecule has 5 nitrogen and oxygen atoms in total. The number of anilines is 1. The Morgan fingerprint density at radius 2 is 1.96 bits per heavy atom. The predicted octanol–water partition coefficient (Wildman–Crippen LogP) is 2.91. The highest BCUT2D eigenvalue weighted by atomic mass is 19.3. The fourth-order valence-corrected chi connectivity index (χ4v) is 3.08. The molecule has 7 heteroatoms. The molecule has 138 valence electrons. The summed E-state index contributed by atoms with van der Waals surface area (Å²) < 4.78 is 25.2. The number of halogens is 2. The van der Waals surface area contributed by atoms with Gasteiger partial charge in [-0.3, -0.25) is 9.59 Å². The lowest BCUT2D eigenvalue weighted by atomic mass is 9.88. The molecule has 2 N–H and O–H groups in total. The van der Waals surface area contributed by atoms with Crippen LogP contribution in [0.2, 0.25) is 0 Å². The zero-order valence-corrected chi connectivity index (χ0v) is 14.1. The monoisotopic (exact) mass is 354 g/mol. The van der Waals surface area contributed by atoms with Gasteiger partial charge in [-0.25, -0.2) is 8.78 Å². The Bertz CT molecular complexity index is 589. The fraction of sp³-hybridized carbons (Fsp3) is 0.556. The van der Waals surface area contributed by atoms with Gasteiger partial charge in [0, 0.05) is 23.7 Å². The van der Waals surface area contributed by atoms with Gasteiger partial charge in [-0.1, -0.05) is 25.3 Å². The van der Waals surface area contributed by atoms with Crippen molar-refractivity contribution < 1.29 is 23.5 Å². The average Bonchev–Trinajstić information content (AvgIpc) is 2.61. The molecule has 0 unspecified atom stereocenters. The minimum absolute atomic E-state index is 0.0159. The van der Waals surface area contributed by atoms with Gasteiger partial charge in [-0.05, 0) is 31.0 Å². The summed E-state index contributed by atoms with van der Waals surface area (Å²) >= 11 is 0. The summed E-state index contributed by atoms with van der Waals surface area (Å²) in [6.07, 6.45) is 2.29. The molecule has 0 radical (unpaired) electrons. The standard InChI is InChI=1S/C18H24F2N2O3/c19-16(20)12-22(9-10-23)18(25)14-7-4-8-15(11-14)21-17(24)13-5-2-1-3-6-13/h4,7-8,11,13,16,23H,1-3,5-6,9-10,12H2,(H,21,24). The summed E-state index contributed by atoms with van der Waals surface area (Å²) in [6, 6.07) is 6.26. The lowest BCUT2D eigenvalue weighted by Crippen LogP contribution is -2.37. The third kappa shape index (κ3) is 5.77. The predicted molar refractivity (Wildman–Crippen MR) is 90.6 cm³/mol. The van der Waals surface area contributed by atoms with Crippen molar-refractivity contribution in [2.45, 2.75) is 38.5 Å². The highest BCUT2D eigenvalue weighted by Gasteiger charge is 2.22. The molecule has 0 spiro atoms. The number of rotatable bonds is 7. The summed E-state index contributed by atoms with van der Waals surface area (Å²) in [5.74, 6) is -0.676. The maximum absolute atomic E-state index is 12.6. The van der Waals surface area contributed by atoms with Crippen LogP contribution in [0, 0.1) is 5.92 Å². The van der Waals surface area contributed by atoms with Gasteiger partial charge in [0.1, 0.15) is 0 Å². The molecule has 0 saturated heterocycles. The zero-order chi connectivity index (χ0) is 18.2. The van der Waals surface area contributed by atoms with Gasteiger partial charge in [-0.2, -0.15) is 0 Å². The number of hydrogen-bond acceptors (Lipinski definition) is 3. The molecule has 0 atom stereocenters. The Balaban J connectivity index is 2.05. The Labute approximate surface area is 146 Å². The van der Waals surface area contributed by atoms with Crippen LogP contribution < -0.4 is 5.32 Å². The van der Waals surface area contributed by atoms with Gasteiger partial charge in [-0.15, -0.1) is 0 Å². The van der Waals surface area contributed by atoms with E-state index in [9.17, 15) is 18.4 Å². The SMILES string of the molecule is O=C(Nc1cccc(C(=O)N(CCO)CC(F)F)c1)C1CCCCC1. The second kappa shape index (κ2) is 9.46. The van der Waals surface area contributed by atoms with Gasteiger partial charge < -0.3 is 15.3 Å². The molecule has 25 heavy (non-hydrogen) atoms. The molecule has 0 bridgehead atoms. The van der Waals surface area contributed by atoms with E-state index >= 15 is 0 Å². The van der Waals surface area contributed by atoms with Crippen molar-refractivity contribution in [2.75, 3.05) is 25.0 Å². The van der Waals surface area contributed by atoms with Crippen molar-refractivity contribution in [1.29, 1.82) is 0 Å². The minimum Gasteiger partial charge on any atom is -0.395 e. The van der Waals surface area contributed by atoms with E-state index in [-0.39, 0.29) is 23.9 Å². The molecular weight excluding hydrogens is 330 g/mol. The Morgan fingerprint density at radius 1 is 1.24 bits per heavy atom. The van der Waals surface area contributed by atoms with Crippen LogP contribution in [0.3, 0.4) is 0 Å². The van der Waals surface area contributed by atoms with Crippen molar-refractivity contribution in [3.63, 3.8) is 0 Å². The first-order chi connectivity index (χ1) is 12.0. The molecule has 1 aliphatic carbocycles. The summed E-state index contributed by atoms with van der Waals surface area (Å²) in [5, 5.41) is 11.8. The van der Waals surface area contributed by atoms with Crippen LogP contribution in [0.25, 0.3) is 0 Å². The minimum atomic E-state index is -2.68. The van der Waals surface area contributed by atoms with Crippen molar-refractivity contribution in [1.82, 2.24) is 4.90 Å². The van der Waals surface area contributed by atoms with E-state index in [0.717, 1.165) is 37.0 Å². The Hall–Kier alpha value is -2.02. The molecule has 1 saturated carbocycles. The van der Waals surface area contributed by atoms with Gasteiger partial charge in [0.05, 0.1) is 13.2 Å². The molecule has 1 aromatic carbocycles.